The number of hydrogen-bond acceptors (Lipinski definition) is 1. The Bertz CT molecular complexity index is 414. The minimum absolute atomic E-state index is 0.125. The van der Waals surface area contributed by atoms with E-state index in [4.69, 9.17) is 0 Å². The van der Waals surface area contributed by atoms with Gasteiger partial charge in [0, 0.05) is 12.8 Å². The van der Waals surface area contributed by atoms with Crippen LogP contribution in [-0.4, -0.2) is 12.0 Å². The van der Waals surface area contributed by atoms with E-state index < -0.39 is 30.6 Å². The SMILES string of the molecule is O=C(CCC(F)(F)F)Cc1cccc(F)c1Br. The summed E-state index contributed by atoms with van der Waals surface area (Å²) in [6.07, 6.45) is -6.26. The zero-order valence-electron chi connectivity index (χ0n) is 8.65. The van der Waals surface area contributed by atoms with E-state index in [2.05, 4.69) is 15.9 Å². The molecule has 0 amide bonds. The van der Waals surface area contributed by atoms with Gasteiger partial charge in [0.1, 0.15) is 11.6 Å². The van der Waals surface area contributed by atoms with Crippen molar-refractivity contribution < 1.29 is 22.4 Å². The van der Waals surface area contributed by atoms with Crippen molar-refractivity contribution in [2.45, 2.75) is 25.4 Å². The van der Waals surface area contributed by atoms with E-state index in [1.165, 1.54) is 18.2 Å². The largest absolute Gasteiger partial charge is 0.389 e. The number of carbonyl (C=O) groups is 1. The number of Topliss-reactive ketones (excluding diaryl/α,β-unsaturated/α-hetero) is 1. The highest BCUT2D eigenvalue weighted by Gasteiger charge is 2.27. The topological polar surface area (TPSA) is 17.1 Å². The number of rotatable bonds is 4. The van der Waals surface area contributed by atoms with Crippen LogP contribution in [0.2, 0.25) is 0 Å². The van der Waals surface area contributed by atoms with Gasteiger partial charge in [-0.1, -0.05) is 12.1 Å². The standard InChI is InChI=1S/C11H9BrF4O/c12-10-7(2-1-3-9(10)13)6-8(17)4-5-11(14,15)16/h1-3H,4-6H2. The van der Waals surface area contributed by atoms with E-state index in [0.717, 1.165) is 0 Å². The van der Waals surface area contributed by atoms with Crippen LogP contribution in [0.15, 0.2) is 22.7 Å². The van der Waals surface area contributed by atoms with E-state index in [0.29, 0.717) is 5.56 Å². The zero-order valence-corrected chi connectivity index (χ0v) is 10.2. The second-order valence-electron chi connectivity index (χ2n) is 3.54. The maximum atomic E-state index is 13.1. The van der Waals surface area contributed by atoms with Crippen molar-refractivity contribution >= 4 is 21.7 Å². The minimum Gasteiger partial charge on any atom is -0.299 e. The summed E-state index contributed by atoms with van der Waals surface area (Å²) in [5, 5.41) is 0. The second-order valence-corrected chi connectivity index (χ2v) is 4.34. The summed E-state index contributed by atoms with van der Waals surface area (Å²) in [6.45, 7) is 0. The molecule has 0 atom stereocenters. The normalized spacial score (nSPS) is 11.6. The van der Waals surface area contributed by atoms with Gasteiger partial charge in [-0.3, -0.25) is 4.79 Å². The van der Waals surface area contributed by atoms with Gasteiger partial charge >= 0.3 is 6.18 Å². The quantitative estimate of drug-likeness (QED) is 0.767. The Morgan fingerprint density at radius 3 is 2.53 bits per heavy atom. The molecular weight excluding hydrogens is 304 g/mol. The molecule has 0 heterocycles. The maximum absolute atomic E-state index is 13.1. The molecular formula is C11H9BrF4O. The van der Waals surface area contributed by atoms with Gasteiger partial charge in [0.25, 0.3) is 0 Å². The number of halogens is 5. The molecule has 1 nitrogen and oxygen atoms in total. The highest BCUT2D eigenvalue weighted by Crippen LogP contribution is 2.24. The van der Waals surface area contributed by atoms with Crippen LogP contribution in [-0.2, 0) is 11.2 Å². The van der Waals surface area contributed by atoms with Gasteiger partial charge in [-0.15, -0.1) is 0 Å². The predicted molar refractivity (Wildman–Crippen MR) is 58.1 cm³/mol. The lowest BCUT2D eigenvalue weighted by Crippen LogP contribution is -2.12. The molecule has 0 aliphatic carbocycles. The number of benzene rings is 1. The summed E-state index contributed by atoms with van der Waals surface area (Å²) in [7, 11) is 0. The fourth-order valence-corrected chi connectivity index (χ4v) is 1.67. The Hall–Kier alpha value is -0.910. The van der Waals surface area contributed by atoms with Gasteiger partial charge in [0.15, 0.2) is 0 Å². The summed E-state index contributed by atoms with van der Waals surface area (Å²) in [6, 6.07) is 4.11. The molecule has 0 aliphatic heterocycles. The molecule has 1 rings (SSSR count). The molecule has 0 fully saturated rings. The minimum atomic E-state index is -4.34. The van der Waals surface area contributed by atoms with Crippen LogP contribution in [0.3, 0.4) is 0 Å². The fraction of sp³-hybridized carbons (Fsp3) is 0.364. The van der Waals surface area contributed by atoms with Crippen LogP contribution in [0.5, 0.6) is 0 Å². The van der Waals surface area contributed by atoms with E-state index in [1.807, 2.05) is 0 Å². The first-order chi connectivity index (χ1) is 7.79. The fourth-order valence-electron chi connectivity index (χ4n) is 1.27. The zero-order chi connectivity index (χ0) is 13.1. The van der Waals surface area contributed by atoms with Crippen molar-refractivity contribution in [3.05, 3.63) is 34.1 Å². The summed E-state index contributed by atoms with van der Waals surface area (Å²) in [4.78, 5) is 11.3. The lowest BCUT2D eigenvalue weighted by Gasteiger charge is -2.06. The average Bonchev–Trinajstić information content (AvgIpc) is 2.21. The molecule has 94 valence electrons. The first-order valence-electron chi connectivity index (χ1n) is 4.81. The van der Waals surface area contributed by atoms with Crippen molar-refractivity contribution in [1.29, 1.82) is 0 Å². The molecule has 0 saturated carbocycles. The summed E-state index contributed by atoms with van der Waals surface area (Å²) < 4.78 is 48.8. The van der Waals surface area contributed by atoms with Crippen molar-refractivity contribution in [3.8, 4) is 0 Å². The molecule has 0 spiro atoms. The third-order valence-corrected chi connectivity index (χ3v) is 2.99. The van der Waals surface area contributed by atoms with Crippen molar-refractivity contribution in [2.75, 3.05) is 0 Å². The Labute approximate surface area is 104 Å². The van der Waals surface area contributed by atoms with Gasteiger partial charge in [-0.2, -0.15) is 13.2 Å². The first-order valence-corrected chi connectivity index (χ1v) is 5.60. The van der Waals surface area contributed by atoms with Crippen molar-refractivity contribution in [2.24, 2.45) is 0 Å². The molecule has 0 N–H and O–H groups in total. The molecule has 6 heteroatoms. The Kier molecular flexibility index (Phi) is 4.68. The van der Waals surface area contributed by atoms with Crippen LogP contribution in [0.4, 0.5) is 17.6 Å². The number of carbonyl (C=O) groups excluding carboxylic acids is 1. The van der Waals surface area contributed by atoms with Gasteiger partial charge in [-0.25, -0.2) is 4.39 Å². The molecule has 0 saturated heterocycles. The monoisotopic (exact) mass is 312 g/mol. The summed E-state index contributed by atoms with van der Waals surface area (Å²) in [5.41, 5.74) is 0.358. The van der Waals surface area contributed by atoms with Crippen LogP contribution in [0, 0.1) is 5.82 Å². The third-order valence-electron chi connectivity index (χ3n) is 2.11. The molecule has 0 bridgehead atoms. The average molecular weight is 313 g/mol. The molecule has 0 aromatic heterocycles. The van der Waals surface area contributed by atoms with Crippen LogP contribution in [0.25, 0.3) is 0 Å². The van der Waals surface area contributed by atoms with Crippen LogP contribution >= 0.6 is 15.9 Å². The van der Waals surface area contributed by atoms with E-state index in [-0.39, 0.29) is 10.9 Å². The highest BCUT2D eigenvalue weighted by atomic mass is 79.9. The third kappa shape index (κ3) is 4.85. The van der Waals surface area contributed by atoms with Gasteiger partial charge in [-0.05, 0) is 27.6 Å². The Balaban J connectivity index is 2.60. The van der Waals surface area contributed by atoms with Crippen molar-refractivity contribution in [1.82, 2.24) is 0 Å². The molecule has 1 aromatic carbocycles. The molecule has 0 unspecified atom stereocenters. The predicted octanol–water partition coefficient (Wildman–Crippen LogP) is 4.04. The van der Waals surface area contributed by atoms with E-state index >= 15 is 0 Å². The molecule has 0 aliphatic rings. The highest BCUT2D eigenvalue weighted by molar-refractivity contribution is 9.10. The smallest absolute Gasteiger partial charge is 0.299 e. The van der Waals surface area contributed by atoms with Gasteiger partial charge in [0.2, 0.25) is 0 Å². The van der Waals surface area contributed by atoms with Gasteiger partial charge in [0.05, 0.1) is 10.9 Å². The Morgan fingerprint density at radius 1 is 1.29 bits per heavy atom. The lowest BCUT2D eigenvalue weighted by atomic mass is 10.1. The van der Waals surface area contributed by atoms with Crippen LogP contribution in [0.1, 0.15) is 18.4 Å². The van der Waals surface area contributed by atoms with E-state index in [1.54, 1.807) is 0 Å². The van der Waals surface area contributed by atoms with E-state index in [9.17, 15) is 22.4 Å². The second kappa shape index (κ2) is 5.62. The maximum Gasteiger partial charge on any atom is 0.389 e. The molecule has 0 radical (unpaired) electrons. The van der Waals surface area contributed by atoms with Crippen LogP contribution < -0.4 is 0 Å². The van der Waals surface area contributed by atoms with Crippen molar-refractivity contribution in [3.63, 3.8) is 0 Å². The number of ketones is 1. The molecule has 1 aromatic rings. The number of hydrogen-bond donors (Lipinski definition) is 0. The Morgan fingerprint density at radius 2 is 1.94 bits per heavy atom. The van der Waals surface area contributed by atoms with Gasteiger partial charge < -0.3 is 0 Å². The lowest BCUT2D eigenvalue weighted by molar-refractivity contribution is -0.143. The summed E-state index contributed by atoms with van der Waals surface area (Å²) in [5.74, 6) is -1.10. The first kappa shape index (κ1) is 14.2. The summed E-state index contributed by atoms with van der Waals surface area (Å²) >= 11 is 2.95. The molecule has 17 heavy (non-hydrogen) atoms. The number of alkyl halides is 3.